The van der Waals surface area contributed by atoms with Crippen LogP contribution >= 0.6 is 23.1 Å². The van der Waals surface area contributed by atoms with Crippen LogP contribution in [0.15, 0.2) is 69.7 Å². The van der Waals surface area contributed by atoms with E-state index in [-0.39, 0.29) is 40.8 Å². The summed E-state index contributed by atoms with van der Waals surface area (Å²) in [4.78, 5) is 30.6. The molecule has 0 spiro atoms. The number of thiophene rings is 1. The number of amides is 1. The fraction of sp³-hybridized carbons (Fsp3) is 0.190. The highest BCUT2D eigenvalue weighted by molar-refractivity contribution is 7.99. The third-order valence-corrected chi connectivity index (χ3v) is 7.26. The Hall–Kier alpha value is -2.75. The van der Waals surface area contributed by atoms with Gasteiger partial charge in [-0.1, -0.05) is 36.0 Å². The monoisotopic (exact) mass is 440 g/mol. The number of rotatable bonds is 5. The SMILES string of the molecule is NNC(=O)CSc1nc2scc(C3C4C=C(F)C=C[C@@H]43)c2c(=O)n1-c1ccccc1. The number of nitrogens with two attached hydrogens (primary N) is 1. The van der Waals surface area contributed by atoms with Crippen molar-refractivity contribution in [3.05, 3.63) is 75.7 Å². The number of hydrogen-bond acceptors (Lipinski definition) is 6. The van der Waals surface area contributed by atoms with Crippen molar-refractivity contribution in [3.8, 4) is 5.69 Å². The van der Waals surface area contributed by atoms with Gasteiger partial charge in [0.1, 0.15) is 10.7 Å². The molecule has 1 amide bonds. The molecule has 2 heterocycles. The predicted molar refractivity (Wildman–Crippen MR) is 116 cm³/mol. The molecule has 0 bridgehead atoms. The van der Waals surface area contributed by atoms with Gasteiger partial charge in [0, 0.05) is 0 Å². The Morgan fingerprint density at radius 2 is 2.10 bits per heavy atom. The van der Waals surface area contributed by atoms with E-state index in [4.69, 9.17) is 10.8 Å². The number of fused-ring (bicyclic) bond motifs is 2. The maximum atomic E-state index is 13.6. The summed E-state index contributed by atoms with van der Waals surface area (Å²) in [5.74, 6) is 5.02. The molecule has 0 radical (unpaired) electrons. The normalized spacial score (nSPS) is 21.9. The van der Waals surface area contributed by atoms with Gasteiger partial charge in [-0.25, -0.2) is 15.2 Å². The van der Waals surface area contributed by atoms with Gasteiger partial charge < -0.3 is 0 Å². The highest BCUT2D eigenvalue weighted by atomic mass is 32.2. The zero-order chi connectivity index (χ0) is 20.8. The van der Waals surface area contributed by atoms with Crippen molar-refractivity contribution >= 4 is 39.2 Å². The van der Waals surface area contributed by atoms with Gasteiger partial charge in [-0.15, -0.1) is 11.3 Å². The Morgan fingerprint density at radius 1 is 1.30 bits per heavy atom. The van der Waals surface area contributed by atoms with Crippen molar-refractivity contribution in [2.45, 2.75) is 11.1 Å². The molecule has 152 valence electrons. The lowest BCUT2D eigenvalue weighted by Gasteiger charge is -2.12. The summed E-state index contributed by atoms with van der Waals surface area (Å²) >= 11 is 2.55. The minimum absolute atomic E-state index is 0.0428. The molecule has 30 heavy (non-hydrogen) atoms. The van der Waals surface area contributed by atoms with Crippen LogP contribution in [0.5, 0.6) is 0 Å². The molecule has 6 nitrogen and oxygen atoms in total. The standard InChI is InChI=1S/C21H17FN4O2S2/c22-11-6-7-13-14(8-11)17(13)15-9-29-19-18(15)20(28)26(12-4-2-1-3-5-12)21(24-19)30-10-16(27)25-23/h1-9,13-14,17H,10,23H2,(H,25,27)/t13-,14?,17?/m0/s1. The first-order valence-electron chi connectivity index (χ1n) is 9.36. The van der Waals surface area contributed by atoms with E-state index in [1.807, 2.05) is 41.8 Å². The van der Waals surface area contributed by atoms with Crippen LogP contribution in [0.1, 0.15) is 11.5 Å². The molecule has 3 aromatic rings. The van der Waals surface area contributed by atoms with E-state index < -0.39 is 0 Å². The largest absolute Gasteiger partial charge is 0.294 e. The molecule has 9 heteroatoms. The fourth-order valence-corrected chi connectivity index (χ4v) is 5.84. The van der Waals surface area contributed by atoms with Gasteiger partial charge in [0.25, 0.3) is 5.56 Å². The average molecular weight is 441 g/mol. The molecular formula is C21H17FN4O2S2. The Morgan fingerprint density at radius 3 is 2.83 bits per heavy atom. The van der Waals surface area contributed by atoms with Crippen molar-refractivity contribution in [2.24, 2.45) is 17.7 Å². The number of benzene rings is 1. The van der Waals surface area contributed by atoms with Crippen LogP contribution in [0.3, 0.4) is 0 Å². The summed E-state index contributed by atoms with van der Waals surface area (Å²) in [5.41, 5.74) is 3.49. The van der Waals surface area contributed by atoms with E-state index >= 15 is 0 Å². The molecule has 1 fully saturated rings. The summed E-state index contributed by atoms with van der Waals surface area (Å²) < 4.78 is 15.2. The summed E-state index contributed by atoms with van der Waals surface area (Å²) in [6, 6.07) is 9.20. The lowest BCUT2D eigenvalue weighted by Crippen LogP contribution is -2.32. The third-order valence-electron chi connectivity index (χ3n) is 5.43. The van der Waals surface area contributed by atoms with Crippen LogP contribution in [0.25, 0.3) is 15.9 Å². The van der Waals surface area contributed by atoms with Gasteiger partial charge in [0.15, 0.2) is 5.16 Å². The quantitative estimate of drug-likeness (QED) is 0.209. The lowest BCUT2D eigenvalue weighted by molar-refractivity contribution is -0.118. The summed E-state index contributed by atoms with van der Waals surface area (Å²) in [5, 5.41) is 2.95. The van der Waals surface area contributed by atoms with E-state index in [0.29, 0.717) is 21.1 Å². The predicted octanol–water partition coefficient (Wildman–Crippen LogP) is 3.28. The molecule has 2 aromatic heterocycles. The van der Waals surface area contributed by atoms with Crippen LogP contribution in [-0.4, -0.2) is 21.2 Å². The molecule has 5 rings (SSSR count). The average Bonchev–Trinajstić information content (AvgIpc) is 3.30. The third kappa shape index (κ3) is 3.19. The Labute approximate surface area is 179 Å². The van der Waals surface area contributed by atoms with E-state index in [1.54, 1.807) is 6.08 Å². The molecule has 0 aliphatic heterocycles. The molecular weight excluding hydrogens is 423 g/mol. The van der Waals surface area contributed by atoms with Crippen LogP contribution in [0.2, 0.25) is 0 Å². The maximum Gasteiger partial charge on any atom is 0.267 e. The Bertz CT molecular complexity index is 1270. The Balaban J connectivity index is 1.65. The van der Waals surface area contributed by atoms with Gasteiger partial charge in [-0.3, -0.25) is 19.6 Å². The first-order valence-corrected chi connectivity index (χ1v) is 11.2. The number of allylic oxidation sites excluding steroid dienone is 4. The van der Waals surface area contributed by atoms with E-state index in [2.05, 4.69) is 5.43 Å². The van der Waals surface area contributed by atoms with Crippen molar-refractivity contribution in [2.75, 3.05) is 5.75 Å². The number of halogens is 1. The van der Waals surface area contributed by atoms with Gasteiger partial charge in [-0.2, -0.15) is 0 Å². The van der Waals surface area contributed by atoms with Gasteiger partial charge >= 0.3 is 0 Å². The van der Waals surface area contributed by atoms with Crippen LogP contribution < -0.4 is 16.8 Å². The molecule has 0 saturated heterocycles. The van der Waals surface area contributed by atoms with Gasteiger partial charge in [0.05, 0.1) is 16.8 Å². The lowest BCUT2D eigenvalue weighted by atomic mass is 10.1. The summed E-state index contributed by atoms with van der Waals surface area (Å²) in [6.07, 6.45) is 5.01. The molecule has 3 atom stereocenters. The van der Waals surface area contributed by atoms with E-state index in [1.165, 1.54) is 22.0 Å². The fourth-order valence-electron chi connectivity index (χ4n) is 3.99. The highest BCUT2D eigenvalue weighted by Gasteiger charge is 2.50. The van der Waals surface area contributed by atoms with E-state index in [0.717, 1.165) is 17.3 Å². The molecule has 1 saturated carbocycles. The van der Waals surface area contributed by atoms with E-state index in [9.17, 15) is 14.0 Å². The number of hydrazine groups is 1. The first kappa shape index (κ1) is 19.2. The number of hydrogen-bond donors (Lipinski definition) is 2. The zero-order valence-corrected chi connectivity index (χ0v) is 17.3. The van der Waals surface area contributed by atoms with Crippen molar-refractivity contribution < 1.29 is 9.18 Å². The smallest absolute Gasteiger partial charge is 0.267 e. The molecule has 2 aliphatic carbocycles. The topological polar surface area (TPSA) is 90.0 Å². The second-order valence-electron chi connectivity index (χ2n) is 7.19. The van der Waals surface area contributed by atoms with Gasteiger partial charge in [-0.05, 0) is 53.0 Å². The summed E-state index contributed by atoms with van der Waals surface area (Å²) in [7, 11) is 0. The van der Waals surface area contributed by atoms with Crippen LogP contribution in [0.4, 0.5) is 4.39 Å². The molecule has 2 aliphatic rings. The number of nitrogens with one attached hydrogen (secondary N) is 1. The highest BCUT2D eigenvalue weighted by Crippen LogP contribution is 2.59. The Kier molecular flexibility index (Phi) is 4.80. The molecule has 2 unspecified atom stereocenters. The zero-order valence-electron chi connectivity index (χ0n) is 15.6. The van der Waals surface area contributed by atoms with Crippen LogP contribution in [-0.2, 0) is 4.79 Å². The number of nitrogens with zero attached hydrogens (tertiary/aromatic N) is 2. The van der Waals surface area contributed by atoms with Crippen molar-refractivity contribution in [1.29, 1.82) is 0 Å². The molecule has 3 N–H and O–H groups in total. The number of para-hydroxylation sites is 1. The summed E-state index contributed by atoms with van der Waals surface area (Å²) in [6.45, 7) is 0. The minimum atomic E-state index is -0.358. The number of carbonyl (C=O) groups excluding carboxylic acids is 1. The van der Waals surface area contributed by atoms with Crippen molar-refractivity contribution in [1.82, 2.24) is 15.0 Å². The first-order chi connectivity index (χ1) is 14.6. The number of aromatic nitrogens is 2. The van der Waals surface area contributed by atoms with Crippen LogP contribution in [0, 0.1) is 11.8 Å². The number of carbonyl (C=O) groups is 1. The maximum absolute atomic E-state index is 13.6. The minimum Gasteiger partial charge on any atom is -0.294 e. The van der Waals surface area contributed by atoms with Crippen molar-refractivity contribution in [3.63, 3.8) is 0 Å². The number of thioether (sulfide) groups is 1. The molecule has 1 aromatic carbocycles. The van der Waals surface area contributed by atoms with Gasteiger partial charge in [0.2, 0.25) is 5.91 Å². The second kappa shape index (κ2) is 7.50. The second-order valence-corrected chi connectivity index (χ2v) is 8.99.